The predicted octanol–water partition coefficient (Wildman–Crippen LogP) is 1.56. The Hall–Kier alpha value is -1.42. The van der Waals surface area contributed by atoms with Crippen molar-refractivity contribution in [2.75, 3.05) is 0 Å². The SMILES string of the molecule is C/C(C=O)=C\S(=O)(=O)c1ccccc1. The molecule has 0 saturated heterocycles. The van der Waals surface area contributed by atoms with E-state index in [9.17, 15) is 13.2 Å². The summed E-state index contributed by atoms with van der Waals surface area (Å²) in [5, 5.41) is 0.968. The number of hydrogen-bond donors (Lipinski definition) is 0. The Morgan fingerprint density at radius 2 is 1.79 bits per heavy atom. The molecule has 0 aliphatic heterocycles. The van der Waals surface area contributed by atoms with E-state index in [-0.39, 0.29) is 10.5 Å². The standard InChI is InChI=1S/C10H10O3S/c1-9(7-11)8-14(12,13)10-5-3-2-4-6-10/h2-8H,1H3/b9-8+. The summed E-state index contributed by atoms with van der Waals surface area (Å²) in [4.78, 5) is 10.5. The third kappa shape index (κ3) is 2.53. The molecule has 0 saturated carbocycles. The van der Waals surface area contributed by atoms with Crippen molar-refractivity contribution >= 4 is 16.1 Å². The fourth-order valence-electron chi connectivity index (χ4n) is 0.951. The van der Waals surface area contributed by atoms with Gasteiger partial charge in [0.2, 0.25) is 0 Å². The minimum atomic E-state index is -3.46. The van der Waals surface area contributed by atoms with E-state index in [0.29, 0.717) is 6.29 Å². The zero-order valence-electron chi connectivity index (χ0n) is 7.67. The molecule has 0 fully saturated rings. The maximum atomic E-state index is 11.6. The van der Waals surface area contributed by atoms with E-state index in [1.165, 1.54) is 19.1 Å². The summed E-state index contributed by atoms with van der Waals surface area (Å²) in [6, 6.07) is 7.98. The molecular weight excluding hydrogens is 200 g/mol. The van der Waals surface area contributed by atoms with Gasteiger partial charge in [-0.2, -0.15) is 0 Å². The molecule has 14 heavy (non-hydrogen) atoms. The molecule has 0 spiro atoms. The fraction of sp³-hybridized carbons (Fsp3) is 0.100. The van der Waals surface area contributed by atoms with Crippen LogP contribution in [0.5, 0.6) is 0 Å². The lowest BCUT2D eigenvalue weighted by Gasteiger charge is -1.97. The summed E-state index contributed by atoms with van der Waals surface area (Å²) in [6.45, 7) is 1.45. The van der Waals surface area contributed by atoms with Gasteiger partial charge in [0.1, 0.15) is 6.29 Å². The van der Waals surface area contributed by atoms with Crippen molar-refractivity contribution in [3.8, 4) is 0 Å². The van der Waals surface area contributed by atoms with Crippen LogP contribution < -0.4 is 0 Å². The molecule has 0 aliphatic carbocycles. The van der Waals surface area contributed by atoms with Crippen LogP contribution in [0.3, 0.4) is 0 Å². The summed E-state index contributed by atoms with van der Waals surface area (Å²) in [6.07, 6.45) is 0.514. The summed E-state index contributed by atoms with van der Waals surface area (Å²) in [5.41, 5.74) is 0.189. The van der Waals surface area contributed by atoms with E-state index in [1.54, 1.807) is 18.2 Å². The van der Waals surface area contributed by atoms with E-state index in [2.05, 4.69) is 0 Å². The van der Waals surface area contributed by atoms with Gasteiger partial charge in [-0.15, -0.1) is 0 Å². The fourth-order valence-corrected chi connectivity index (χ4v) is 2.17. The minimum absolute atomic E-state index is 0.189. The third-order valence-electron chi connectivity index (χ3n) is 1.60. The molecule has 0 radical (unpaired) electrons. The number of carbonyl (C=O) groups is 1. The molecule has 0 aromatic heterocycles. The molecule has 0 N–H and O–H groups in total. The molecule has 3 nitrogen and oxygen atoms in total. The van der Waals surface area contributed by atoms with Gasteiger partial charge in [-0.25, -0.2) is 8.42 Å². The van der Waals surface area contributed by atoms with Crippen LogP contribution in [0.1, 0.15) is 6.92 Å². The molecule has 0 aliphatic rings. The first kappa shape index (κ1) is 10.7. The summed E-state index contributed by atoms with van der Waals surface area (Å²) >= 11 is 0. The average Bonchev–Trinajstić information content (AvgIpc) is 2.18. The molecule has 0 amide bonds. The molecular formula is C10H10O3S. The van der Waals surface area contributed by atoms with Crippen LogP contribution in [-0.2, 0) is 14.6 Å². The zero-order valence-corrected chi connectivity index (χ0v) is 8.49. The van der Waals surface area contributed by atoms with Crippen molar-refractivity contribution in [3.05, 3.63) is 41.3 Å². The first-order valence-corrected chi connectivity index (χ1v) is 5.54. The second-order valence-electron chi connectivity index (χ2n) is 2.84. The number of rotatable bonds is 3. The molecule has 0 atom stereocenters. The number of benzene rings is 1. The van der Waals surface area contributed by atoms with Gasteiger partial charge in [-0.3, -0.25) is 4.79 Å². The number of carbonyl (C=O) groups excluding carboxylic acids is 1. The number of aldehydes is 1. The normalized spacial score (nSPS) is 12.5. The van der Waals surface area contributed by atoms with Crippen LogP contribution >= 0.6 is 0 Å². The Balaban J connectivity index is 3.17. The van der Waals surface area contributed by atoms with Gasteiger partial charge in [-0.05, 0) is 19.1 Å². The van der Waals surface area contributed by atoms with Crippen molar-refractivity contribution in [2.24, 2.45) is 0 Å². The van der Waals surface area contributed by atoms with E-state index in [1.807, 2.05) is 0 Å². The largest absolute Gasteiger partial charge is 0.298 e. The third-order valence-corrected chi connectivity index (χ3v) is 3.21. The second kappa shape index (κ2) is 4.19. The van der Waals surface area contributed by atoms with Crippen LogP contribution in [-0.4, -0.2) is 14.7 Å². The van der Waals surface area contributed by atoms with Gasteiger partial charge >= 0.3 is 0 Å². The number of hydrogen-bond acceptors (Lipinski definition) is 3. The van der Waals surface area contributed by atoms with Crippen LogP contribution in [0, 0.1) is 0 Å². The average molecular weight is 210 g/mol. The van der Waals surface area contributed by atoms with E-state index in [4.69, 9.17) is 0 Å². The Morgan fingerprint density at radius 1 is 1.21 bits per heavy atom. The van der Waals surface area contributed by atoms with E-state index >= 15 is 0 Å². The molecule has 1 rings (SSSR count). The first-order chi connectivity index (χ1) is 6.56. The number of sulfone groups is 1. The Bertz CT molecular complexity index is 444. The summed E-state index contributed by atoms with van der Waals surface area (Å²) < 4.78 is 23.1. The van der Waals surface area contributed by atoms with Crippen molar-refractivity contribution in [1.29, 1.82) is 0 Å². The van der Waals surface area contributed by atoms with Crippen LogP contribution in [0.15, 0.2) is 46.2 Å². The second-order valence-corrected chi connectivity index (χ2v) is 4.63. The highest BCUT2D eigenvalue weighted by atomic mass is 32.2. The van der Waals surface area contributed by atoms with Gasteiger partial charge in [0.15, 0.2) is 9.84 Å². The van der Waals surface area contributed by atoms with Crippen molar-refractivity contribution < 1.29 is 13.2 Å². The first-order valence-electron chi connectivity index (χ1n) is 4.00. The highest BCUT2D eigenvalue weighted by Gasteiger charge is 2.09. The highest BCUT2D eigenvalue weighted by molar-refractivity contribution is 7.94. The molecule has 0 bridgehead atoms. The topological polar surface area (TPSA) is 51.2 Å². The zero-order chi connectivity index (χ0) is 10.6. The summed E-state index contributed by atoms with van der Waals surface area (Å²) in [7, 11) is -3.46. The molecule has 0 unspecified atom stereocenters. The Labute approximate surface area is 83.0 Å². The van der Waals surface area contributed by atoms with E-state index in [0.717, 1.165) is 5.41 Å². The van der Waals surface area contributed by atoms with Gasteiger partial charge in [0.05, 0.1) is 4.90 Å². The van der Waals surface area contributed by atoms with Crippen LogP contribution in [0.4, 0.5) is 0 Å². The van der Waals surface area contributed by atoms with Crippen molar-refractivity contribution in [3.63, 3.8) is 0 Å². The Morgan fingerprint density at radius 3 is 2.29 bits per heavy atom. The predicted molar refractivity (Wildman–Crippen MR) is 53.4 cm³/mol. The van der Waals surface area contributed by atoms with Crippen molar-refractivity contribution in [2.45, 2.75) is 11.8 Å². The molecule has 1 aromatic rings. The smallest absolute Gasteiger partial charge is 0.200 e. The maximum absolute atomic E-state index is 11.6. The quantitative estimate of drug-likeness (QED) is 0.562. The van der Waals surface area contributed by atoms with Gasteiger partial charge in [0.25, 0.3) is 0 Å². The number of allylic oxidation sites excluding steroid dienone is 1. The van der Waals surface area contributed by atoms with Crippen LogP contribution in [0.25, 0.3) is 0 Å². The van der Waals surface area contributed by atoms with E-state index < -0.39 is 9.84 Å². The lowest BCUT2D eigenvalue weighted by Crippen LogP contribution is -1.97. The lowest BCUT2D eigenvalue weighted by atomic mass is 10.4. The summed E-state index contributed by atoms with van der Waals surface area (Å²) in [5.74, 6) is 0. The lowest BCUT2D eigenvalue weighted by molar-refractivity contribution is -0.104. The van der Waals surface area contributed by atoms with Gasteiger partial charge < -0.3 is 0 Å². The highest BCUT2D eigenvalue weighted by Crippen LogP contribution is 2.12. The van der Waals surface area contributed by atoms with Gasteiger partial charge in [-0.1, -0.05) is 18.2 Å². The van der Waals surface area contributed by atoms with Gasteiger partial charge in [0, 0.05) is 11.0 Å². The minimum Gasteiger partial charge on any atom is -0.298 e. The molecule has 0 heterocycles. The molecule has 4 heteroatoms. The molecule has 1 aromatic carbocycles. The molecule has 74 valence electrons. The Kier molecular flexibility index (Phi) is 3.19. The van der Waals surface area contributed by atoms with Crippen LogP contribution in [0.2, 0.25) is 0 Å². The maximum Gasteiger partial charge on any atom is 0.200 e. The van der Waals surface area contributed by atoms with Crippen molar-refractivity contribution in [1.82, 2.24) is 0 Å². The monoisotopic (exact) mass is 210 g/mol.